The number of piperazine rings is 1. The summed E-state index contributed by atoms with van der Waals surface area (Å²) in [5, 5.41) is 2.15. The zero-order valence-electron chi connectivity index (χ0n) is 14.4. The number of rotatable bonds is 3. The highest BCUT2D eigenvalue weighted by atomic mass is 19.2. The van der Waals surface area contributed by atoms with Crippen LogP contribution in [0.3, 0.4) is 0 Å². The smallest absolute Gasteiger partial charge is 0.261 e. The van der Waals surface area contributed by atoms with Crippen molar-refractivity contribution in [3.05, 3.63) is 58.9 Å². The van der Waals surface area contributed by atoms with Crippen LogP contribution in [-0.2, 0) is 0 Å². The van der Waals surface area contributed by atoms with Gasteiger partial charge in [-0.25, -0.2) is 22.0 Å². The highest BCUT2D eigenvalue weighted by Crippen LogP contribution is 2.24. The highest BCUT2D eigenvalue weighted by Gasteiger charge is 2.29. The van der Waals surface area contributed by atoms with Crippen molar-refractivity contribution in [3.63, 3.8) is 0 Å². The van der Waals surface area contributed by atoms with E-state index in [4.69, 9.17) is 0 Å². The number of benzene rings is 2. The summed E-state index contributed by atoms with van der Waals surface area (Å²) >= 11 is 0. The number of quaternary nitrogens is 1. The van der Waals surface area contributed by atoms with E-state index in [1.807, 2.05) is 0 Å². The number of hydrogen-bond acceptors (Lipinski definition) is 2. The largest absolute Gasteiger partial charge is 0.360 e. The first kappa shape index (κ1) is 19.1. The van der Waals surface area contributed by atoms with Crippen molar-refractivity contribution in [1.29, 1.82) is 0 Å². The standard InChI is InChI=1S/C18H16F5N3O/c1-25-6-8-26(9-7-25)11-4-2-10(3-5-11)24-18(27)12-13(19)15(21)17(23)16(22)14(12)20/h2-5H,6-9H2,1H3,(H,24,27)/p+1. The molecule has 4 nitrogen and oxygen atoms in total. The Morgan fingerprint density at radius 2 is 1.37 bits per heavy atom. The van der Waals surface area contributed by atoms with Gasteiger partial charge >= 0.3 is 0 Å². The molecule has 0 bridgehead atoms. The molecule has 0 aromatic heterocycles. The first-order chi connectivity index (χ1) is 12.8. The Hall–Kier alpha value is -2.68. The molecule has 1 aliphatic rings. The molecular formula is C18H17F5N3O+. The van der Waals surface area contributed by atoms with Crippen LogP contribution in [0.4, 0.5) is 33.3 Å². The highest BCUT2D eigenvalue weighted by molar-refractivity contribution is 6.04. The molecule has 1 fully saturated rings. The third-order valence-corrected chi connectivity index (χ3v) is 4.54. The Morgan fingerprint density at radius 3 is 1.89 bits per heavy atom. The van der Waals surface area contributed by atoms with Crippen molar-refractivity contribution < 1.29 is 31.6 Å². The predicted molar refractivity (Wildman–Crippen MR) is 89.5 cm³/mol. The maximum Gasteiger partial charge on any atom is 0.261 e. The second kappa shape index (κ2) is 7.51. The lowest BCUT2D eigenvalue weighted by Gasteiger charge is -2.31. The number of likely N-dealkylation sites (N-methyl/N-ethyl adjacent to an activating group) is 1. The minimum Gasteiger partial charge on any atom is -0.360 e. The summed E-state index contributed by atoms with van der Waals surface area (Å²) in [6.45, 7) is 3.70. The number of carbonyl (C=O) groups excluding carboxylic acids is 1. The maximum absolute atomic E-state index is 13.7. The summed E-state index contributed by atoms with van der Waals surface area (Å²) in [4.78, 5) is 15.6. The summed E-state index contributed by atoms with van der Waals surface area (Å²) in [6.07, 6.45) is 0. The van der Waals surface area contributed by atoms with E-state index in [9.17, 15) is 26.7 Å². The van der Waals surface area contributed by atoms with Crippen LogP contribution in [0.25, 0.3) is 0 Å². The van der Waals surface area contributed by atoms with E-state index in [0.717, 1.165) is 31.9 Å². The van der Waals surface area contributed by atoms with Gasteiger partial charge in [0.05, 0.1) is 33.2 Å². The first-order valence-electron chi connectivity index (χ1n) is 8.28. The molecule has 1 amide bonds. The lowest BCUT2D eigenvalue weighted by atomic mass is 10.1. The SMILES string of the molecule is C[NH+]1CCN(c2ccc(NC(=O)c3c(F)c(F)c(F)c(F)c3F)cc2)CC1. The molecule has 1 saturated heterocycles. The molecule has 0 radical (unpaired) electrons. The van der Waals surface area contributed by atoms with Gasteiger partial charge in [-0.15, -0.1) is 0 Å². The lowest BCUT2D eigenvalue weighted by Crippen LogP contribution is -3.12. The van der Waals surface area contributed by atoms with E-state index in [1.165, 1.54) is 17.0 Å². The number of carbonyl (C=O) groups is 1. The topological polar surface area (TPSA) is 36.8 Å². The molecule has 27 heavy (non-hydrogen) atoms. The molecule has 1 aliphatic heterocycles. The van der Waals surface area contributed by atoms with Crippen LogP contribution in [0, 0.1) is 29.1 Å². The Balaban J connectivity index is 1.77. The summed E-state index contributed by atoms with van der Waals surface area (Å²) in [5.74, 6) is -12.4. The molecule has 0 unspecified atom stereocenters. The van der Waals surface area contributed by atoms with Gasteiger partial charge in [-0.2, -0.15) is 0 Å². The third kappa shape index (κ3) is 3.73. The molecule has 3 rings (SSSR count). The first-order valence-corrected chi connectivity index (χ1v) is 8.28. The van der Waals surface area contributed by atoms with E-state index in [-0.39, 0.29) is 5.69 Å². The second-order valence-electron chi connectivity index (χ2n) is 6.39. The number of halogens is 5. The van der Waals surface area contributed by atoms with Crippen LogP contribution in [0.2, 0.25) is 0 Å². The quantitative estimate of drug-likeness (QED) is 0.481. The second-order valence-corrected chi connectivity index (χ2v) is 6.39. The predicted octanol–water partition coefficient (Wildman–Crippen LogP) is 1.97. The van der Waals surface area contributed by atoms with Crippen LogP contribution in [-0.4, -0.2) is 39.1 Å². The normalized spacial score (nSPS) is 15.1. The lowest BCUT2D eigenvalue weighted by molar-refractivity contribution is -0.880. The fourth-order valence-electron chi connectivity index (χ4n) is 2.90. The Labute approximate surface area is 152 Å². The van der Waals surface area contributed by atoms with Crippen molar-refractivity contribution in [2.24, 2.45) is 0 Å². The minimum atomic E-state index is -2.31. The minimum absolute atomic E-state index is 0.174. The Morgan fingerprint density at radius 1 is 0.889 bits per heavy atom. The molecular weight excluding hydrogens is 369 g/mol. The fraction of sp³-hybridized carbons (Fsp3) is 0.278. The van der Waals surface area contributed by atoms with E-state index in [1.54, 1.807) is 12.1 Å². The van der Waals surface area contributed by atoms with Gasteiger partial charge in [0, 0.05) is 11.4 Å². The average molecular weight is 386 g/mol. The van der Waals surface area contributed by atoms with Crippen molar-refractivity contribution in [2.45, 2.75) is 0 Å². The molecule has 144 valence electrons. The molecule has 9 heteroatoms. The van der Waals surface area contributed by atoms with Crippen LogP contribution >= 0.6 is 0 Å². The van der Waals surface area contributed by atoms with E-state index in [2.05, 4.69) is 17.3 Å². The number of hydrogen-bond donors (Lipinski definition) is 2. The molecule has 2 N–H and O–H groups in total. The summed E-state index contributed by atoms with van der Waals surface area (Å²) in [5.41, 5.74) is -0.429. The monoisotopic (exact) mass is 386 g/mol. The third-order valence-electron chi connectivity index (χ3n) is 4.54. The van der Waals surface area contributed by atoms with Gasteiger partial charge in [-0.3, -0.25) is 4.79 Å². The van der Waals surface area contributed by atoms with Gasteiger partial charge in [-0.1, -0.05) is 0 Å². The van der Waals surface area contributed by atoms with Crippen LogP contribution in [0.5, 0.6) is 0 Å². The van der Waals surface area contributed by atoms with E-state index in [0.29, 0.717) is 0 Å². The van der Waals surface area contributed by atoms with Crippen molar-refractivity contribution in [2.75, 3.05) is 43.4 Å². The van der Waals surface area contributed by atoms with Gasteiger partial charge in [0.1, 0.15) is 5.56 Å². The van der Waals surface area contributed by atoms with Crippen molar-refractivity contribution >= 4 is 17.3 Å². The number of nitrogens with zero attached hydrogens (tertiary/aromatic N) is 1. The molecule has 2 aromatic rings. The number of anilines is 2. The average Bonchev–Trinajstić information content (AvgIpc) is 2.66. The molecule has 0 atom stereocenters. The van der Waals surface area contributed by atoms with Crippen molar-refractivity contribution in [1.82, 2.24) is 0 Å². The van der Waals surface area contributed by atoms with Crippen LogP contribution in [0.15, 0.2) is 24.3 Å². The zero-order valence-corrected chi connectivity index (χ0v) is 14.4. The fourth-order valence-corrected chi connectivity index (χ4v) is 2.90. The number of nitrogens with one attached hydrogen (secondary N) is 2. The zero-order chi connectivity index (χ0) is 19.7. The van der Waals surface area contributed by atoms with Gasteiger partial charge in [-0.05, 0) is 24.3 Å². The summed E-state index contributed by atoms with van der Waals surface area (Å²) in [6, 6.07) is 6.44. The van der Waals surface area contributed by atoms with Gasteiger partial charge in [0.2, 0.25) is 5.82 Å². The van der Waals surface area contributed by atoms with Gasteiger partial charge in [0.15, 0.2) is 23.3 Å². The molecule has 0 aliphatic carbocycles. The van der Waals surface area contributed by atoms with Gasteiger partial charge < -0.3 is 15.1 Å². The van der Waals surface area contributed by atoms with Gasteiger partial charge in [0.25, 0.3) is 5.91 Å². The molecule has 0 spiro atoms. The number of amides is 1. The van der Waals surface area contributed by atoms with E-state index < -0.39 is 40.6 Å². The summed E-state index contributed by atoms with van der Waals surface area (Å²) in [7, 11) is 2.11. The van der Waals surface area contributed by atoms with E-state index >= 15 is 0 Å². The summed E-state index contributed by atoms with van der Waals surface area (Å²) < 4.78 is 67.0. The van der Waals surface area contributed by atoms with Crippen LogP contribution in [0.1, 0.15) is 10.4 Å². The maximum atomic E-state index is 13.7. The molecule has 1 heterocycles. The van der Waals surface area contributed by atoms with Crippen molar-refractivity contribution in [3.8, 4) is 0 Å². The Bertz CT molecular complexity index is 835. The Kier molecular flexibility index (Phi) is 5.31. The molecule has 0 saturated carbocycles. The molecule has 2 aromatic carbocycles. The van der Waals surface area contributed by atoms with Crippen LogP contribution < -0.4 is 15.1 Å².